The van der Waals surface area contributed by atoms with E-state index in [0.717, 1.165) is 16.2 Å². The van der Waals surface area contributed by atoms with Crippen molar-refractivity contribution in [3.63, 3.8) is 0 Å². The first-order valence-electron chi connectivity index (χ1n) is 5.04. The first-order valence-corrected chi connectivity index (χ1v) is 5.04. The van der Waals surface area contributed by atoms with E-state index in [2.05, 4.69) is 5.32 Å². The molecule has 0 saturated heterocycles. The molecule has 0 bridgehead atoms. The Kier molecular flexibility index (Phi) is 2.62. The van der Waals surface area contributed by atoms with Crippen molar-refractivity contribution in [1.82, 2.24) is 0 Å². The zero-order valence-corrected chi connectivity index (χ0v) is 8.99. The summed E-state index contributed by atoms with van der Waals surface area (Å²) in [4.78, 5) is 24.3. The molecule has 3 N–H and O–H groups in total. The third-order valence-corrected chi connectivity index (χ3v) is 2.62. The van der Waals surface area contributed by atoms with Gasteiger partial charge in [-0.05, 0) is 23.8 Å². The Morgan fingerprint density at radius 2 is 2.31 bits per heavy atom. The highest BCUT2D eigenvalue weighted by atomic mass is 16.2. The number of benzene rings is 1. The van der Waals surface area contributed by atoms with Gasteiger partial charge in [0.2, 0.25) is 11.8 Å². The van der Waals surface area contributed by atoms with Crippen LogP contribution < -0.4 is 16.0 Å². The van der Waals surface area contributed by atoms with Gasteiger partial charge in [0.05, 0.1) is 18.7 Å². The van der Waals surface area contributed by atoms with Crippen molar-refractivity contribution in [1.29, 1.82) is 0 Å². The molecule has 1 heterocycles. The van der Waals surface area contributed by atoms with Crippen molar-refractivity contribution >= 4 is 23.2 Å². The fourth-order valence-electron chi connectivity index (χ4n) is 1.84. The Bertz CT molecular complexity index is 457. The zero-order chi connectivity index (χ0) is 11.7. The Hall–Kier alpha value is -1.88. The summed E-state index contributed by atoms with van der Waals surface area (Å²) in [6.07, 6.45) is 0.261. The average molecular weight is 219 g/mol. The summed E-state index contributed by atoms with van der Waals surface area (Å²) < 4.78 is 0. The van der Waals surface area contributed by atoms with Crippen molar-refractivity contribution in [2.45, 2.75) is 6.42 Å². The summed E-state index contributed by atoms with van der Waals surface area (Å²) in [5.41, 5.74) is 7.71. The number of hydrogen-bond acceptors (Lipinski definition) is 4. The van der Waals surface area contributed by atoms with E-state index >= 15 is 0 Å². The largest absolute Gasteiger partial charge is 0.388 e. The summed E-state index contributed by atoms with van der Waals surface area (Å²) in [5, 5.41) is 2.99. The lowest BCUT2D eigenvalue weighted by Crippen LogP contribution is -2.38. The van der Waals surface area contributed by atoms with Crippen LogP contribution >= 0.6 is 0 Å². The van der Waals surface area contributed by atoms with Gasteiger partial charge in [-0.3, -0.25) is 9.59 Å². The maximum Gasteiger partial charge on any atom is 0.247 e. The Labute approximate surface area is 93.2 Å². The van der Waals surface area contributed by atoms with Crippen molar-refractivity contribution in [2.75, 3.05) is 23.8 Å². The second kappa shape index (κ2) is 3.94. The molecular weight excluding hydrogens is 206 g/mol. The highest BCUT2D eigenvalue weighted by Gasteiger charge is 2.31. The van der Waals surface area contributed by atoms with Gasteiger partial charge in [0.25, 0.3) is 0 Å². The lowest BCUT2D eigenvalue weighted by atomic mass is 10.1. The van der Waals surface area contributed by atoms with E-state index in [1.54, 1.807) is 13.1 Å². The number of hydrogen-bond donors (Lipinski definition) is 2. The minimum Gasteiger partial charge on any atom is -0.388 e. The van der Waals surface area contributed by atoms with Crippen molar-refractivity contribution in [3.8, 4) is 0 Å². The SMILES string of the molecule is CNc1ccc2c(c1)CC(=O)N2C(=O)CN. The number of anilines is 2. The predicted molar refractivity (Wildman–Crippen MR) is 61.2 cm³/mol. The molecule has 0 spiro atoms. The number of imide groups is 1. The maximum atomic E-state index is 11.7. The number of rotatable bonds is 2. The van der Waals surface area contributed by atoms with Gasteiger partial charge >= 0.3 is 0 Å². The molecule has 0 unspecified atom stereocenters. The molecule has 1 aliphatic rings. The molecule has 2 rings (SSSR count). The molecule has 1 aliphatic heterocycles. The number of fused-ring (bicyclic) bond motifs is 1. The average Bonchev–Trinajstić information content (AvgIpc) is 2.62. The van der Waals surface area contributed by atoms with E-state index < -0.39 is 0 Å². The number of nitrogens with one attached hydrogen (secondary N) is 1. The predicted octanol–water partition coefficient (Wildman–Crippen LogP) is 0.103. The highest BCUT2D eigenvalue weighted by molar-refractivity contribution is 6.19. The molecule has 1 aromatic carbocycles. The molecule has 5 heteroatoms. The van der Waals surface area contributed by atoms with Gasteiger partial charge in [0.15, 0.2) is 0 Å². The van der Waals surface area contributed by atoms with Gasteiger partial charge in [0.1, 0.15) is 0 Å². The molecule has 84 valence electrons. The zero-order valence-electron chi connectivity index (χ0n) is 8.99. The van der Waals surface area contributed by atoms with Crippen LogP contribution in [0.5, 0.6) is 0 Å². The summed E-state index contributed by atoms with van der Waals surface area (Å²) in [7, 11) is 1.81. The quantitative estimate of drug-likeness (QED) is 0.740. The summed E-state index contributed by atoms with van der Waals surface area (Å²) >= 11 is 0. The van der Waals surface area contributed by atoms with Crippen LogP contribution in [0.4, 0.5) is 11.4 Å². The van der Waals surface area contributed by atoms with Gasteiger partial charge in [0, 0.05) is 12.7 Å². The molecule has 5 nitrogen and oxygen atoms in total. The second-order valence-corrected chi connectivity index (χ2v) is 3.60. The first kappa shape index (κ1) is 10.6. The molecule has 0 atom stereocenters. The normalized spacial score (nSPS) is 13.9. The molecule has 0 aromatic heterocycles. The van der Waals surface area contributed by atoms with Crippen LogP contribution in [0.15, 0.2) is 18.2 Å². The molecule has 0 radical (unpaired) electrons. The number of carbonyl (C=O) groups is 2. The fourth-order valence-corrected chi connectivity index (χ4v) is 1.84. The number of nitrogens with zero attached hydrogens (tertiary/aromatic N) is 1. The van der Waals surface area contributed by atoms with Gasteiger partial charge < -0.3 is 11.1 Å². The Morgan fingerprint density at radius 3 is 2.94 bits per heavy atom. The minimum absolute atomic E-state index is 0.154. The molecule has 0 saturated carbocycles. The molecule has 0 aliphatic carbocycles. The smallest absolute Gasteiger partial charge is 0.247 e. The maximum absolute atomic E-state index is 11.7. The topological polar surface area (TPSA) is 75.4 Å². The van der Waals surface area contributed by atoms with Gasteiger partial charge in [-0.1, -0.05) is 0 Å². The second-order valence-electron chi connectivity index (χ2n) is 3.60. The molecular formula is C11H13N3O2. The first-order chi connectivity index (χ1) is 7.67. The number of carbonyl (C=O) groups excluding carboxylic acids is 2. The Balaban J connectivity index is 2.42. The van der Waals surface area contributed by atoms with Crippen LogP contribution in [-0.4, -0.2) is 25.4 Å². The van der Waals surface area contributed by atoms with E-state index in [-0.39, 0.29) is 24.8 Å². The summed E-state index contributed by atoms with van der Waals surface area (Å²) in [5.74, 6) is -0.570. The monoisotopic (exact) mass is 219 g/mol. The minimum atomic E-state index is -0.360. The van der Waals surface area contributed by atoms with Crippen molar-refractivity contribution < 1.29 is 9.59 Å². The number of amides is 2. The van der Waals surface area contributed by atoms with Gasteiger partial charge in [-0.15, -0.1) is 0 Å². The van der Waals surface area contributed by atoms with Crippen LogP contribution in [0, 0.1) is 0 Å². The third kappa shape index (κ3) is 1.55. The molecule has 1 aromatic rings. The van der Waals surface area contributed by atoms with Gasteiger partial charge in [-0.25, -0.2) is 4.90 Å². The van der Waals surface area contributed by atoms with E-state index in [1.165, 1.54) is 0 Å². The third-order valence-electron chi connectivity index (χ3n) is 2.62. The van der Waals surface area contributed by atoms with Gasteiger partial charge in [-0.2, -0.15) is 0 Å². The molecule has 2 amide bonds. The highest BCUT2D eigenvalue weighted by Crippen LogP contribution is 2.30. The van der Waals surface area contributed by atoms with E-state index in [0.29, 0.717) is 5.69 Å². The van der Waals surface area contributed by atoms with Crippen LogP contribution in [0.3, 0.4) is 0 Å². The van der Waals surface area contributed by atoms with E-state index in [4.69, 9.17) is 5.73 Å². The molecule has 0 fully saturated rings. The van der Waals surface area contributed by atoms with Crippen LogP contribution in [0.1, 0.15) is 5.56 Å². The molecule has 16 heavy (non-hydrogen) atoms. The van der Waals surface area contributed by atoms with Crippen LogP contribution in [-0.2, 0) is 16.0 Å². The van der Waals surface area contributed by atoms with E-state index in [9.17, 15) is 9.59 Å². The van der Waals surface area contributed by atoms with Crippen LogP contribution in [0.25, 0.3) is 0 Å². The van der Waals surface area contributed by atoms with Crippen molar-refractivity contribution in [2.24, 2.45) is 5.73 Å². The lowest BCUT2D eigenvalue weighted by Gasteiger charge is -2.14. The fraction of sp³-hybridized carbons (Fsp3) is 0.273. The standard InChI is InChI=1S/C11H13N3O2/c1-13-8-2-3-9-7(4-8)5-10(15)14(9)11(16)6-12/h2-4,13H,5-6,12H2,1H3. The lowest BCUT2D eigenvalue weighted by molar-refractivity contribution is -0.124. The van der Waals surface area contributed by atoms with E-state index in [1.807, 2.05) is 12.1 Å². The summed E-state index contributed by atoms with van der Waals surface area (Å²) in [6.45, 7) is -0.154. The number of nitrogens with two attached hydrogens (primary N) is 1. The van der Waals surface area contributed by atoms with Crippen molar-refractivity contribution in [3.05, 3.63) is 23.8 Å². The van der Waals surface area contributed by atoms with Crippen LogP contribution in [0.2, 0.25) is 0 Å². The summed E-state index contributed by atoms with van der Waals surface area (Å²) in [6, 6.07) is 5.46. The Morgan fingerprint density at radius 1 is 1.56 bits per heavy atom.